The van der Waals surface area contributed by atoms with Crippen molar-refractivity contribution >= 4 is 12.0 Å². The van der Waals surface area contributed by atoms with Crippen LogP contribution in [0.3, 0.4) is 0 Å². The highest BCUT2D eigenvalue weighted by Gasteiger charge is 2.48. The minimum atomic E-state index is -0.478. The molecule has 22 heavy (non-hydrogen) atoms. The molecule has 6 nitrogen and oxygen atoms in total. The summed E-state index contributed by atoms with van der Waals surface area (Å²) in [5, 5.41) is 1.42. The summed E-state index contributed by atoms with van der Waals surface area (Å²) in [4.78, 5) is 31.6. The van der Waals surface area contributed by atoms with Gasteiger partial charge in [0, 0.05) is 6.54 Å². The van der Waals surface area contributed by atoms with E-state index in [1.807, 2.05) is 30.3 Å². The van der Waals surface area contributed by atoms with Gasteiger partial charge < -0.3 is 9.64 Å². The van der Waals surface area contributed by atoms with E-state index < -0.39 is 6.04 Å². The van der Waals surface area contributed by atoms with Crippen molar-refractivity contribution in [3.05, 3.63) is 35.9 Å². The predicted molar refractivity (Wildman–Crippen MR) is 78.6 cm³/mol. The first-order valence-electron chi connectivity index (χ1n) is 7.64. The van der Waals surface area contributed by atoms with E-state index in [2.05, 4.69) is 0 Å². The fourth-order valence-corrected chi connectivity index (χ4v) is 3.00. The molecule has 0 saturated carbocycles. The van der Waals surface area contributed by atoms with Crippen molar-refractivity contribution in [3.8, 4) is 0 Å². The third kappa shape index (κ3) is 2.78. The van der Waals surface area contributed by atoms with Crippen LogP contribution in [0.2, 0.25) is 0 Å². The first kappa shape index (κ1) is 14.8. The fraction of sp³-hybridized carbons (Fsp3) is 0.500. The van der Waals surface area contributed by atoms with Gasteiger partial charge in [-0.1, -0.05) is 30.3 Å². The Morgan fingerprint density at radius 3 is 2.77 bits per heavy atom. The molecule has 0 radical (unpaired) electrons. The molecule has 118 valence electrons. The molecule has 3 rings (SSSR count). The van der Waals surface area contributed by atoms with Gasteiger partial charge in [0.1, 0.15) is 12.6 Å². The maximum absolute atomic E-state index is 12.4. The zero-order valence-corrected chi connectivity index (χ0v) is 12.6. The molecule has 1 aromatic carbocycles. The van der Waals surface area contributed by atoms with E-state index in [0.29, 0.717) is 26.2 Å². The molecule has 2 atom stereocenters. The number of hydroxylamine groups is 2. The van der Waals surface area contributed by atoms with Gasteiger partial charge in [-0.3, -0.25) is 4.84 Å². The molecule has 1 aromatic rings. The Bertz CT molecular complexity index is 548. The van der Waals surface area contributed by atoms with Crippen LogP contribution in [-0.4, -0.2) is 47.2 Å². The number of rotatable bonds is 5. The Morgan fingerprint density at radius 1 is 1.27 bits per heavy atom. The molecule has 0 N–H and O–H groups in total. The lowest BCUT2D eigenvalue weighted by molar-refractivity contribution is -0.149. The second kappa shape index (κ2) is 6.36. The molecule has 0 spiro atoms. The van der Waals surface area contributed by atoms with E-state index in [0.717, 1.165) is 12.0 Å². The van der Waals surface area contributed by atoms with E-state index in [9.17, 15) is 9.59 Å². The number of esters is 1. The predicted octanol–water partition coefficient (Wildman–Crippen LogP) is 1.95. The summed E-state index contributed by atoms with van der Waals surface area (Å²) in [6, 6.07) is 9.01. The zero-order chi connectivity index (χ0) is 15.5. The van der Waals surface area contributed by atoms with Gasteiger partial charge in [-0.15, -0.1) is 0 Å². The van der Waals surface area contributed by atoms with Crippen molar-refractivity contribution in [2.45, 2.75) is 38.5 Å². The molecule has 2 amide bonds. The average molecular weight is 304 g/mol. The number of hydrogen-bond donors (Lipinski definition) is 0. The Labute approximate surface area is 129 Å². The number of ether oxygens (including phenoxy) is 1. The third-order valence-corrected chi connectivity index (χ3v) is 4.09. The number of hydrogen-bond acceptors (Lipinski definition) is 4. The second-order valence-corrected chi connectivity index (χ2v) is 5.52. The first-order valence-corrected chi connectivity index (χ1v) is 7.64. The summed E-state index contributed by atoms with van der Waals surface area (Å²) >= 11 is 0. The fourth-order valence-electron chi connectivity index (χ4n) is 3.00. The highest BCUT2D eigenvalue weighted by molar-refractivity contribution is 5.85. The van der Waals surface area contributed by atoms with Gasteiger partial charge in [-0.25, -0.2) is 9.59 Å². The van der Waals surface area contributed by atoms with Crippen molar-refractivity contribution in [2.75, 3.05) is 13.2 Å². The van der Waals surface area contributed by atoms with Gasteiger partial charge >= 0.3 is 12.0 Å². The summed E-state index contributed by atoms with van der Waals surface area (Å²) in [5.41, 5.74) is 1.01. The molecule has 0 aliphatic carbocycles. The number of piperidine rings is 1. The lowest BCUT2D eigenvalue weighted by atomic mass is 10.0. The molecule has 0 unspecified atom stereocenters. The zero-order valence-electron chi connectivity index (χ0n) is 12.6. The van der Waals surface area contributed by atoms with E-state index in [4.69, 9.17) is 9.57 Å². The smallest absolute Gasteiger partial charge is 0.345 e. The Hall–Kier alpha value is -2.08. The van der Waals surface area contributed by atoms with Crippen LogP contribution in [0.25, 0.3) is 0 Å². The minimum absolute atomic E-state index is 0.0156. The quantitative estimate of drug-likeness (QED) is 0.780. The molecule has 2 saturated heterocycles. The van der Waals surface area contributed by atoms with Crippen molar-refractivity contribution in [1.82, 2.24) is 9.96 Å². The number of amides is 2. The molecule has 2 aliphatic rings. The second-order valence-electron chi connectivity index (χ2n) is 5.52. The monoisotopic (exact) mass is 304 g/mol. The topological polar surface area (TPSA) is 59.1 Å². The van der Waals surface area contributed by atoms with Gasteiger partial charge in [0.05, 0.1) is 12.6 Å². The van der Waals surface area contributed by atoms with Gasteiger partial charge in [0.25, 0.3) is 0 Å². The van der Waals surface area contributed by atoms with Gasteiger partial charge in [-0.05, 0) is 25.3 Å². The number of carbonyl (C=O) groups is 2. The Balaban J connectivity index is 1.64. The van der Waals surface area contributed by atoms with E-state index >= 15 is 0 Å². The first-order chi connectivity index (χ1) is 10.7. The highest BCUT2D eigenvalue weighted by Crippen LogP contribution is 2.30. The van der Waals surface area contributed by atoms with E-state index in [1.54, 1.807) is 11.8 Å². The number of nitrogens with zero attached hydrogens (tertiary/aromatic N) is 2. The number of urea groups is 1. The molecule has 2 aliphatic heterocycles. The van der Waals surface area contributed by atoms with E-state index in [-0.39, 0.29) is 18.0 Å². The van der Waals surface area contributed by atoms with Crippen LogP contribution in [0.5, 0.6) is 0 Å². The minimum Gasteiger partial charge on any atom is -0.464 e. The molecule has 2 fully saturated rings. The van der Waals surface area contributed by atoms with Crippen molar-refractivity contribution < 1.29 is 19.2 Å². The average Bonchev–Trinajstić information content (AvgIpc) is 2.78. The van der Waals surface area contributed by atoms with Crippen LogP contribution in [0.15, 0.2) is 30.3 Å². The van der Waals surface area contributed by atoms with Crippen LogP contribution in [0, 0.1) is 0 Å². The number of carbonyl (C=O) groups excluding carboxylic acids is 2. The van der Waals surface area contributed by atoms with Crippen LogP contribution < -0.4 is 0 Å². The molecule has 2 bridgehead atoms. The Kier molecular flexibility index (Phi) is 4.29. The summed E-state index contributed by atoms with van der Waals surface area (Å²) in [5.74, 6) is -0.320. The molecule has 2 heterocycles. The van der Waals surface area contributed by atoms with Crippen LogP contribution in [0.1, 0.15) is 25.3 Å². The maximum Gasteiger partial charge on any atom is 0.345 e. The highest BCUT2D eigenvalue weighted by atomic mass is 16.7. The standard InChI is InChI=1S/C16H20N2O4/c1-2-21-15(19)14-9-8-13-10-17(14)16(20)18(13)22-11-12-6-4-3-5-7-12/h3-7,13-14H,2,8-11H2,1H3/t13-,14-/m0/s1. The van der Waals surface area contributed by atoms with Crippen LogP contribution in [-0.2, 0) is 21.0 Å². The summed E-state index contributed by atoms with van der Waals surface area (Å²) in [6.07, 6.45) is 1.38. The summed E-state index contributed by atoms with van der Waals surface area (Å²) < 4.78 is 5.05. The lowest BCUT2D eigenvalue weighted by Crippen LogP contribution is -2.45. The van der Waals surface area contributed by atoms with Crippen LogP contribution in [0.4, 0.5) is 4.79 Å². The van der Waals surface area contributed by atoms with Crippen molar-refractivity contribution in [3.63, 3.8) is 0 Å². The van der Waals surface area contributed by atoms with Gasteiger partial charge in [0.2, 0.25) is 0 Å². The molecule has 6 heteroatoms. The normalized spacial score (nSPS) is 23.8. The van der Waals surface area contributed by atoms with Crippen molar-refractivity contribution in [2.24, 2.45) is 0 Å². The number of benzene rings is 1. The molecular weight excluding hydrogens is 284 g/mol. The van der Waals surface area contributed by atoms with Crippen LogP contribution >= 0.6 is 0 Å². The summed E-state index contributed by atoms with van der Waals surface area (Å²) in [7, 11) is 0. The SMILES string of the molecule is CCOC(=O)[C@@H]1CC[C@H]2CN1C(=O)N2OCc1ccccc1. The van der Waals surface area contributed by atoms with Gasteiger partial charge in [0.15, 0.2) is 0 Å². The molecule has 0 aromatic heterocycles. The molecular formula is C16H20N2O4. The summed E-state index contributed by atoms with van der Waals surface area (Å²) in [6.45, 7) is 2.97. The largest absolute Gasteiger partial charge is 0.464 e. The van der Waals surface area contributed by atoms with Crippen molar-refractivity contribution in [1.29, 1.82) is 0 Å². The number of fused-ring (bicyclic) bond motifs is 2. The lowest BCUT2D eigenvalue weighted by Gasteiger charge is -2.28. The Morgan fingerprint density at radius 2 is 2.05 bits per heavy atom. The van der Waals surface area contributed by atoms with E-state index in [1.165, 1.54) is 5.06 Å². The maximum atomic E-state index is 12.4. The third-order valence-electron chi connectivity index (χ3n) is 4.09. The van der Waals surface area contributed by atoms with Gasteiger partial charge in [-0.2, -0.15) is 5.06 Å².